The molecule has 0 saturated carbocycles. The molecule has 0 radical (unpaired) electrons. The maximum absolute atomic E-state index is 13.2. The summed E-state index contributed by atoms with van der Waals surface area (Å²) in [6.45, 7) is 3.54. The van der Waals surface area contributed by atoms with E-state index < -0.39 is 15.8 Å². The highest BCUT2D eigenvalue weighted by atomic mass is 32.2. The van der Waals surface area contributed by atoms with Crippen LogP contribution in [0.15, 0.2) is 41.3 Å². The first-order valence-electron chi connectivity index (χ1n) is 6.17. The zero-order valence-corrected chi connectivity index (χ0v) is 12.0. The Balaban J connectivity index is 2.38. The molecule has 4 nitrogen and oxygen atoms in total. The molecule has 106 valence electrons. The summed E-state index contributed by atoms with van der Waals surface area (Å²) in [5.74, 6) is -0.362. The number of rotatable bonds is 4. The van der Waals surface area contributed by atoms with Gasteiger partial charge in [-0.2, -0.15) is 0 Å². The molecule has 0 atom stereocenters. The van der Waals surface area contributed by atoms with Crippen LogP contribution in [0.25, 0.3) is 0 Å². The lowest BCUT2D eigenvalue weighted by Gasteiger charge is -2.10. The van der Waals surface area contributed by atoms with Crippen molar-refractivity contribution in [2.45, 2.75) is 25.2 Å². The number of aryl methyl sites for hydroxylation is 2. The predicted molar refractivity (Wildman–Crippen MR) is 75.6 cm³/mol. The van der Waals surface area contributed by atoms with Crippen LogP contribution in [0, 0.1) is 12.7 Å². The van der Waals surface area contributed by atoms with Gasteiger partial charge in [0.15, 0.2) is 0 Å². The molecule has 0 bridgehead atoms. The molecular weight excluding hydrogens is 279 g/mol. The molecule has 1 aromatic carbocycles. The van der Waals surface area contributed by atoms with Crippen LogP contribution >= 0.6 is 0 Å². The van der Waals surface area contributed by atoms with Crippen molar-refractivity contribution in [2.24, 2.45) is 0 Å². The lowest BCUT2D eigenvalue weighted by Crippen LogP contribution is -2.15. The Labute approximate surface area is 117 Å². The largest absolute Gasteiger partial charge is 0.263 e. The van der Waals surface area contributed by atoms with Crippen molar-refractivity contribution >= 4 is 15.8 Å². The summed E-state index contributed by atoms with van der Waals surface area (Å²) >= 11 is 0. The van der Waals surface area contributed by atoms with E-state index in [4.69, 9.17) is 0 Å². The fourth-order valence-electron chi connectivity index (χ4n) is 1.79. The summed E-state index contributed by atoms with van der Waals surface area (Å²) in [6, 6.07) is 8.75. The van der Waals surface area contributed by atoms with E-state index >= 15 is 0 Å². The van der Waals surface area contributed by atoms with Crippen molar-refractivity contribution < 1.29 is 12.8 Å². The molecule has 0 aliphatic carbocycles. The van der Waals surface area contributed by atoms with Gasteiger partial charge in [-0.25, -0.2) is 17.8 Å². The summed E-state index contributed by atoms with van der Waals surface area (Å²) in [7, 11) is -3.84. The first-order valence-corrected chi connectivity index (χ1v) is 7.65. The normalized spacial score (nSPS) is 11.3. The molecule has 20 heavy (non-hydrogen) atoms. The van der Waals surface area contributed by atoms with E-state index in [1.807, 2.05) is 13.0 Å². The lowest BCUT2D eigenvalue weighted by molar-refractivity contribution is 0.594. The van der Waals surface area contributed by atoms with Crippen LogP contribution in [0.5, 0.6) is 0 Å². The Hall–Kier alpha value is -1.95. The van der Waals surface area contributed by atoms with Crippen molar-refractivity contribution in [1.29, 1.82) is 0 Å². The van der Waals surface area contributed by atoms with E-state index in [1.54, 1.807) is 19.1 Å². The van der Waals surface area contributed by atoms with E-state index in [1.165, 1.54) is 12.1 Å². The third-order valence-electron chi connectivity index (χ3n) is 2.85. The molecule has 2 rings (SSSR count). The molecule has 1 aromatic heterocycles. The fourth-order valence-corrected chi connectivity index (χ4v) is 3.05. The van der Waals surface area contributed by atoms with Gasteiger partial charge < -0.3 is 0 Å². The van der Waals surface area contributed by atoms with E-state index in [9.17, 15) is 12.8 Å². The number of sulfonamides is 1. The first kappa shape index (κ1) is 14.5. The van der Waals surface area contributed by atoms with Crippen molar-refractivity contribution in [3.05, 3.63) is 53.5 Å². The minimum absolute atomic E-state index is 0.0822. The number of pyridine rings is 1. The maximum atomic E-state index is 13.2. The molecule has 0 fully saturated rings. The van der Waals surface area contributed by atoms with Crippen molar-refractivity contribution in [3.8, 4) is 0 Å². The highest BCUT2D eigenvalue weighted by Gasteiger charge is 2.18. The second kappa shape index (κ2) is 5.58. The molecular formula is C14H15FN2O2S. The minimum atomic E-state index is -3.84. The molecule has 1 N–H and O–H groups in total. The summed E-state index contributed by atoms with van der Waals surface area (Å²) in [5, 5.41) is 0. The topological polar surface area (TPSA) is 59.1 Å². The van der Waals surface area contributed by atoms with Gasteiger partial charge in [-0.3, -0.25) is 4.72 Å². The highest BCUT2D eigenvalue weighted by molar-refractivity contribution is 7.92. The van der Waals surface area contributed by atoms with Crippen LogP contribution in [0.3, 0.4) is 0 Å². The van der Waals surface area contributed by atoms with Gasteiger partial charge in [-0.1, -0.05) is 19.1 Å². The van der Waals surface area contributed by atoms with Crippen LogP contribution in [0.1, 0.15) is 18.2 Å². The maximum Gasteiger partial charge on any atom is 0.263 e. The van der Waals surface area contributed by atoms with Gasteiger partial charge in [-0.05, 0) is 43.2 Å². The summed E-state index contributed by atoms with van der Waals surface area (Å²) in [5.41, 5.74) is 1.26. The highest BCUT2D eigenvalue weighted by Crippen LogP contribution is 2.19. The second-order valence-electron chi connectivity index (χ2n) is 4.38. The third kappa shape index (κ3) is 3.14. The third-order valence-corrected chi connectivity index (χ3v) is 4.34. The van der Waals surface area contributed by atoms with Gasteiger partial charge in [0.05, 0.1) is 4.90 Å². The molecule has 0 aliphatic heterocycles. The molecule has 1 heterocycles. The summed E-state index contributed by atoms with van der Waals surface area (Å²) in [6.07, 6.45) is 0.703. The Kier molecular flexibility index (Phi) is 4.04. The standard InChI is InChI=1S/C14H15FN2O2S/c1-3-12-5-4-6-14(16-12)17-20(18,19)13-9-11(15)8-7-10(13)2/h4-9H,3H2,1-2H3,(H,16,17). The fraction of sp³-hybridized carbons (Fsp3) is 0.214. The van der Waals surface area contributed by atoms with Gasteiger partial charge in [0.25, 0.3) is 10.0 Å². The van der Waals surface area contributed by atoms with Gasteiger partial charge in [0.1, 0.15) is 11.6 Å². The number of hydrogen-bond acceptors (Lipinski definition) is 3. The molecule has 0 aliphatic rings. The molecule has 0 saturated heterocycles. The Bertz CT molecular complexity index is 730. The van der Waals surface area contributed by atoms with Crippen LogP contribution in [-0.4, -0.2) is 13.4 Å². The predicted octanol–water partition coefficient (Wildman–Crippen LogP) is 2.89. The number of halogens is 1. The SMILES string of the molecule is CCc1cccc(NS(=O)(=O)c2cc(F)ccc2C)n1. The smallest absolute Gasteiger partial charge is 0.263 e. The van der Waals surface area contributed by atoms with Gasteiger partial charge in [0.2, 0.25) is 0 Å². The summed E-state index contributed by atoms with van der Waals surface area (Å²) in [4.78, 5) is 4.09. The van der Waals surface area contributed by atoms with Crippen molar-refractivity contribution in [3.63, 3.8) is 0 Å². The monoisotopic (exact) mass is 294 g/mol. The Morgan fingerprint density at radius 3 is 2.70 bits per heavy atom. The van der Waals surface area contributed by atoms with E-state index in [-0.39, 0.29) is 10.7 Å². The molecule has 6 heteroatoms. The molecule has 2 aromatic rings. The lowest BCUT2D eigenvalue weighted by atomic mass is 10.2. The number of anilines is 1. The van der Waals surface area contributed by atoms with Crippen LogP contribution in [0.4, 0.5) is 10.2 Å². The average molecular weight is 294 g/mol. The average Bonchev–Trinajstić information content (AvgIpc) is 2.41. The van der Waals surface area contributed by atoms with Crippen LogP contribution in [-0.2, 0) is 16.4 Å². The Morgan fingerprint density at radius 1 is 1.25 bits per heavy atom. The Morgan fingerprint density at radius 2 is 2.00 bits per heavy atom. The zero-order valence-electron chi connectivity index (χ0n) is 11.2. The number of benzene rings is 1. The minimum Gasteiger partial charge on any atom is -0.263 e. The van der Waals surface area contributed by atoms with Crippen LogP contribution < -0.4 is 4.72 Å². The van der Waals surface area contributed by atoms with E-state index in [2.05, 4.69) is 9.71 Å². The summed E-state index contributed by atoms with van der Waals surface area (Å²) < 4.78 is 40.1. The number of nitrogens with one attached hydrogen (secondary N) is 1. The number of aromatic nitrogens is 1. The second-order valence-corrected chi connectivity index (χ2v) is 6.03. The molecule has 0 amide bonds. The van der Waals surface area contributed by atoms with Crippen LogP contribution in [0.2, 0.25) is 0 Å². The van der Waals surface area contributed by atoms with Crippen molar-refractivity contribution in [2.75, 3.05) is 4.72 Å². The van der Waals surface area contributed by atoms with Gasteiger partial charge in [0, 0.05) is 5.69 Å². The van der Waals surface area contributed by atoms with E-state index in [0.29, 0.717) is 12.0 Å². The first-order chi connectivity index (χ1) is 9.42. The number of hydrogen-bond donors (Lipinski definition) is 1. The molecule has 0 unspecified atom stereocenters. The molecule has 0 spiro atoms. The van der Waals surface area contributed by atoms with Gasteiger partial charge in [-0.15, -0.1) is 0 Å². The quantitative estimate of drug-likeness (QED) is 0.943. The number of nitrogens with zero attached hydrogens (tertiary/aromatic N) is 1. The van der Waals surface area contributed by atoms with E-state index in [0.717, 1.165) is 11.8 Å². The van der Waals surface area contributed by atoms with Crippen molar-refractivity contribution in [1.82, 2.24) is 4.98 Å². The zero-order chi connectivity index (χ0) is 14.8. The van der Waals surface area contributed by atoms with Gasteiger partial charge >= 0.3 is 0 Å².